The predicted molar refractivity (Wildman–Crippen MR) is 77.8 cm³/mol. The number of benzene rings is 1. The van der Waals surface area contributed by atoms with Crippen LogP contribution in [0.4, 0.5) is 4.39 Å². The molecule has 0 aliphatic heterocycles. The van der Waals surface area contributed by atoms with Crippen LogP contribution in [0.3, 0.4) is 0 Å². The third kappa shape index (κ3) is 3.69. The Labute approximate surface area is 127 Å². The molecule has 1 aliphatic rings. The van der Waals surface area contributed by atoms with Gasteiger partial charge in [0.25, 0.3) is 0 Å². The van der Waals surface area contributed by atoms with E-state index < -0.39 is 0 Å². The monoisotopic (exact) mass is 303 g/mol. The highest BCUT2D eigenvalue weighted by molar-refractivity contribution is 5.89. The van der Waals surface area contributed by atoms with Crippen LogP contribution in [0.5, 0.6) is 0 Å². The van der Waals surface area contributed by atoms with E-state index in [1.807, 2.05) is 0 Å². The molecule has 2 aromatic rings. The fraction of sp³-hybridized carbons (Fsp3) is 0.438. The zero-order valence-electron chi connectivity index (χ0n) is 12.2. The predicted octanol–water partition coefficient (Wildman–Crippen LogP) is 2.86. The van der Waals surface area contributed by atoms with E-state index in [0.717, 1.165) is 31.2 Å². The summed E-state index contributed by atoms with van der Waals surface area (Å²) in [6.45, 7) is 0. The van der Waals surface area contributed by atoms with Crippen LogP contribution >= 0.6 is 0 Å². The number of halogens is 1. The van der Waals surface area contributed by atoms with Gasteiger partial charge in [-0.3, -0.25) is 4.79 Å². The van der Waals surface area contributed by atoms with E-state index in [1.165, 1.54) is 18.6 Å². The van der Waals surface area contributed by atoms with Crippen molar-refractivity contribution in [2.24, 2.45) is 0 Å². The minimum atomic E-state index is -0.315. The Kier molecular flexibility index (Phi) is 4.46. The summed E-state index contributed by atoms with van der Waals surface area (Å²) in [5, 5.41) is 10.6. The van der Waals surface area contributed by atoms with Crippen molar-refractivity contribution in [2.45, 2.75) is 44.6 Å². The zero-order chi connectivity index (χ0) is 15.4. The summed E-state index contributed by atoms with van der Waals surface area (Å²) < 4.78 is 18.2. The molecule has 22 heavy (non-hydrogen) atoms. The first-order valence-electron chi connectivity index (χ1n) is 7.58. The van der Waals surface area contributed by atoms with Gasteiger partial charge in [-0.25, -0.2) is 4.39 Å². The highest BCUT2D eigenvalue weighted by Crippen LogP contribution is 2.18. The van der Waals surface area contributed by atoms with E-state index in [-0.39, 0.29) is 23.7 Å². The van der Waals surface area contributed by atoms with Crippen LogP contribution in [0.15, 0.2) is 28.7 Å². The molecule has 5 nitrogen and oxygen atoms in total. The largest absolute Gasteiger partial charge is 0.417 e. The van der Waals surface area contributed by atoms with E-state index in [9.17, 15) is 9.18 Å². The minimum absolute atomic E-state index is 0.0114. The third-order valence-corrected chi connectivity index (χ3v) is 3.87. The topological polar surface area (TPSA) is 68.0 Å². The summed E-state index contributed by atoms with van der Waals surface area (Å²) >= 11 is 0. The molecule has 1 aliphatic carbocycles. The van der Waals surface area contributed by atoms with Crippen LogP contribution in [0.2, 0.25) is 0 Å². The summed E-state index contributed by atoms with van der Waals surface area (Å²) in [4.78, 5) is 12.1. The second kappa shape index (κ2) is 6.68. The van der Waals surface area contributed by atoms with E-state index in [0.29, 0.717) is 12.3 Å². The molecule has 1 amide bonds. The fourth-order valence-corrected chi connectivity index (χ4v) is 2.69. The number of hydrogen-bond donors (Lipinski definition) is 1. The average Bonchev–Trinajstić information content (AvgIpc) is 2.99. The highest BCUT2D eigenvalue weighted by Gasteiger charge is 2.20. The molecule has 1 aromatic heterocycles. The van der Waals surface area contributed by atoms with Crippen molar-refractivity contribution < 1.29 is 13.6 Å². The lowest BCUT2D eigenvalue weighted by molar-refractivity contribution is 0.0891. The number of carbonyl (C=O) groups is 1. The standard InChI is InChI=1S/C16H18FN3O2/c17-12-8-6-11(7-9-12)10-14-19-20-16(22-14)15(21)18-13-4-2-1-3-5-13/h6-9,13H,1-5,10H2,(H,18,21). The lowest BCUT2D eigenvalue weighted by atomic mass is 9.95. The Morgan fingerprint density at radius 3 is 2.64 bits per heavy atom. The number of nitrogens with zero attached hydrogens (tertiary/aromatic N) is 2. The van der Waals surface area contributed by atoms with E-state index in [4.69, 9.17) is 4.42 Å². The van der Waals surface area contributed by atoms with Gasteiger partial charge in [0.05, 0.1) is 6.42 Å². The van der Waals surface area contributed by atoms with Gasteiger partial charge < -0.3 is 9.73 Å². The van der Waals surface area contributed by atoms with E-state index in [2.05, 4.69) is 15.5 Å². The van der Waals surface area contributed by atoms with Crippen LogP contribution in [0.1, 0.15) is 54.2 Å². The van der Waals surface area contributed by atoms with Crippen LogP contribution < -0.4 is 5.32 Å². The molecule has 0 spiro atoms. The first kappa shape index (κ1) is 14.7. The van der Waals surface area contributed by atoms with Crippen molar-refractivity contribution in [3.63, 3.8) is 0 Å². The van der Waals surface area contributed by atoms with Crippen molar-refractivity contribution in [3.8, 4) is 0 Å². The van der Waals surface area contributed by atoms with Gasteiger partial charge >= 0.3 is 11.8 Å². The maximum Gasteiger partial charge on any atom is 0.309 e. The van der Waals surface area contributed by atoms with Crippen LogP contribution in [0, 0.1) is 5.82 Å². The molecule has 1 heterocycles. The number of hydrogen-bond acceptors (Lipinski definition) is 4. The number of nitrogens with one attached hydrogen (secondary N) is 1. The summed E-state index contributed by atoms with van der Waals surface area (Å²) in [5.74, 6) is -0.269. The Hall–Kier alpha value is -2.24. The molecule has 116 valence electrons. The summed E-state index contributed by atoms with van der Waals surface area (Å²) in [5.41, 5.74) is 0.851. The van der Waals surface area contributed by atoms with Gasteiger partial charge in [0, 0.05) is 6.04 Å². The number of rotatable bonds is 4. The molecule has 3 rings (SSSR count). The van der Waals surface area contributed by atoms with Crippen molar-refractivity contribution in [2.75, 3.05) is 0 Å². The Morgan fingerprint density at radius 2 is 1.91 bits per heavy atom. The maximum absolute atomic E-state index is 12.9. The lowest BCUT2D eigenvalue weighted by Gasteiger charge is -2.21. The molecule has 1 saturated carbocycles. The molecule has 0 unspecified atom stereocenters. The second-order valence-corrected chi connectivity index (χ2v) is 5.61. The van der Waals surface area contributed by atoms with Crippen molar-refractivity contribution in [1.29, 1.82) is 0 Å². The normalized spacial score (nSPS) is 15.7. The first-order chi connectivity index (χ1) is 10.7. The van der Waals surface area contributed by atoms with Gasteiger partial charge in [0.1, 0.15) is 5.82 Å². The SMILES string of the molecule is O=C(NC1CCCCC1)c1nnc(Cc2ccc(F)cc2)o1. The van der Waals surface area contributed by atoms with Crippen LogP contribution in [-0.2, 0) is 6.42 Å². The molecule has 0 atom stereocenters. The first-order valence-corrected chi connectivity index (χ1v) is 7.58. The smallest absolute Gasteiger partial charge is 0.309 e. The lowest BCUT2D eigenvalue weighted by Crippen LogP contribution is -2.36. The molecular formula is C16H18FN3O2. The van der Waals surface area contributed by atoms with Gasteiger partial charge in [-0.1, -0.05) is 31.4 Å². The summed E-state index contributed by atoms with van der Waals surface area (Å²) in [7, 11) is 0. The quantitative estimate of drug-likeness (QED) is 0.943. The Bertz CT molecular complexity index is 633. The van der Waals surface area contributed by atoms with Gasteiger partial charge in [0.2, 0.25) is 5.89 Å². The Morgan fingerprint density at radius 1 is 1.18 bits per heavy atom. The molecule has 1 fully saturated rings. The molecule has 1 aromatic carbocycles. The zero-order valence-corrected chi connectivity index (χ0v) is 12.2. The number of carbonyl (C=O) groups excluding carboxylic acids is 1. The molecule has 1 N–H and O–H groups in total. The maximum atomic E-state index is 12.9. The summed E-state index contributed by atoms with van der Waals surface area (Å²) in [6.07, 6.45) is 5.90. The van der Waals surface area contributed by atoms with Crippen LogP contribution in [-0.4, -0.2) is 22.1 Å². The van der Waals surface area contributed by atoms with Gasteiger partial charge in [0.15, 0.2) is 0 Å². The van der Waals surface area contributed by atoms with E-state index >= 15 is 0 Å². The van der Waals surface area contributed by atoms with Crippen molar-refractivity contribution in [1.82, 2.24) is 15.5 Å². The van der Waals surface area contributed by atoms with Gasteiger partial charge in [-0.05, 0) is 30.5 Å². The van der Waals surface area contributed by atoms with Crippen LogP contribution in [0.25, 0.3) is 0 Å². The second-order valence-electron chi connectivity index (χ2n) is 5.61. The van der Waals surface area contributed by atoms with Gasteiger partial charge in [-0.2, -0.15) is 0 Å². The molecule has 0 radical (unpaired) electrons. The number of aromatic nitrogens is 2. The molecule has 0 saturated heterocycles. The molecule has 0 bridgehead atoms. The van der Waals surface area contributed by atoms with Crippen molar-refractivity contribution in [3.05, 3.63) is 47.4 Å². The van der Waals surface area contributed by atoms with Gasteiger partial charge in [-0.15, -0.1) is 10.2 Å². The fourth-order valence-electron chi connectivity index (χ4n) is 2.69. The Balaban J connectivity index is 1.60. The summed E-state index contributed by atoms with van der Waals surface area (Å²) in [6, 6.07) is 6.27. The van der Waals surface area contributed by atoms with E-state index in [1.54, 1.807) is 12.1 Å². The van der Waals surface area contributed by atoms with Crippen molar-refractivity contribution >= 4 is 5.91 Å². The third-order valence-electron chi connectivity index (χ3n) is 3.87. The highest BCUT2D eigenvalue weighted by atomic mass is 19.1. The average molecular weight is 303 g/mol. The number of amides is 1. The molecule has 6 heteroatoms. The minimum Gasteiger partial charge on any atom is -0.417 e. The molecular weight excluding hydrogens is 285 g/mol.